The Bertz CT molecular complexity index is 940. The quantitative estimate of drug-likeness (QED) is 0.691. The third-order valence-electron chi connectivity index (χ3n) is 4.19. The molecule has 0 saturated heterocycles. The Labute approximate surface area is 152 Å². The van der Waals surface area contributed by atoms with Gasteiger partial charge in [-0.25, -0.2) is 0 Å². The molecule has 0 unspecified atom stereocenters. The van der Waals surface area contributed by atoms with Crippen molar-refractivity contribution in [1.29, 1.82) is 0 Å². The van der Waals surface area contributed by atoms with Crippen LogP contribution in [0.15, 0.2) is 52.9 Å². The van der Waals surface area contributed by atoms with Gasteiger partial charge in [0.25, 0.3) is 5.91 Å². The number of aryl methyl sites for hydroxylation is 1. The predicted molar refractivity (Wildman–Crippen MR) is 103 cm³/mol. The van der Waals surface area contributed by atoms with E-state index in [0.717, 1.165) is 6.42 Å². The van der Waals surface area contributed by atoms with Crippen LogP contribution in [0.5, 0.6) is 0 Å². The van der Waals surface area contributed by atoms with Crippen LogP contribution < -0.4 is 10.6 Å². The van der Waals surface area contributed by atoms with Crippen molar-refractivity contribution < 1.29 is 14.0 Å². The molecule has 5 nitrogen and oxygen atoms in total. The zero-order valence-corrected chi connectivity index (χ0v) is 15.1. The molecule has 1 heterocycles. The fourth-order valence-electron chi connectivity index (χ4n) is 2.61. The Balaban J connectivity index is 1.94. The van der Waals surface area contributed by atoms with E-state index in [1.807, 2.05) is 42.5 Å². The van der Waals surface area contributed by atoms with Crippen molar-refractivity contribution in [2.45, 2.75) is 27.2 Å². The monoisotopic (exact) mass is 350 g/mol. The molecular formula is C21H22N2O3. The molecule has 0 atom stereocenters. The van der Waals surface area contributed by atoms with Crippen molar-refractivity contribution in [3.8, 4) is 0 Å². The number of furan rings is 1. The summed E-state index contributed by atoms with van der Waals surface area (Å²) in [5.74, 6) is -0.677. The molecule has 2 amide bonds. The van der Waals surface area contributed by atoms with Gasteiger partial charge >= 0.3 is 0 Å². The van der Waals surface area contributed by atoms with E-state index in [1.54, 1.807) is 19.9 Å². The average molecular weight is 350 g/mol. The van der Waals surface area contributed by atoms with Crippen molar-refractivity contribution >= 4 is 34.2 Å². The third kappa shape index (κ3) is 3.61. The first-order valence-electron chi connectivity index (χ1n) is 8.72. The maximum Gasteiger partial charge on any atom is 0.293 e. The molecule has 0 aliphatic rings. The highest BCUT2D eigenvalue weighted by Gasteiger charge is 2.23. The number of carbonyl (C=O) groups is 2. The van der Waals surface area contributed by atoms with E-state index >= 15 is 0 Å². The lowest BCUT2D eigenvalue weighted by Gasteiger charge is -2.09. The minimum atomic E-state index is -0.399. The second-order valence-electron chi connectivity index (χ2n) is 6.45. The molecule has 2 aromatic carbocycles. The first-order chi connectivity index (χ1) is 12.5. The fraction of sp³-hybridized carbons (Fsp3) is 0.238. The second kappa shape index (κ2) is 7.44. The Morgan fingerprint density at radius 3 is 2.35 bits per heavy atom. The smallest absolute Gasteiger partial charge is 0.293 e. The highest BCUT2D eigenvalue weighted by molar-refractivity contribution is 6.14. The lowest BCUT2D eigenvalue weighted by Crippen LogP contribution is -2.20. The van der Waals surface area contributed by atoms with Crippen LogP contribution >= 0.6 is 0 Å². The van der Waals surface area contributed by atoms with Gasteiger partial charge in [0, 0.05) is 17.0 Å². The van der Waals surface area contributed by atoms with Crippen molar-refractivity contribution in [3.63, 3.8) is 0 Å². The van der Waals surface area contributed by atoms with Gasteiger partial charge in [-0.3, -0.25) is 9.59 Å². The lowest BCUT2D eigenvalue weighted by molar-refractivity contribution is -0.118. The molecule has 0 aliphatic carbocycles. The van der Waals surface area contributed by atoms with E-state index in [0.29, 0.717) is 22.3 Å². The number of nitrogens with one attached hydrogen (secondary N) is 2. The summed E-state index contributed by atoms with van der Waals surface area (Å²) in [5.41, 5.74) is 2.82. The summed E-state index contributed by atoms with van der Waals surface area (Å²) in [6.07, 6.45) is 0.934. The number of amides is 2. The summed E-state index contributed by atoms with van der Waals surface area (Å²) in [7, 11) is 0. The average Bonchev–Trinajstić information content (AvgIpc) is 3.01. The maximum atomic E-state index is 12.8. The first kappa shape index (κ1) is 17.7. The minimum Gasteiger partial charge on any atom is -0.449 e. The van der Waals surface area contributed by atoms with E-state index in [-0.39, 0.29) is 17.6 Å². The highest BCUT2D eigenvalue weighted by Crippen LogP contribution is 2.31. The zero-order valence-electron chi connectivity index (χ0n) is 15.1. The number of fused-ring (bicyclic) bond motifs is 1. The topological polar surface area (TPSA) is 71.3 Å². The molecule has 5 heteroatoms. The third-order valence-corrected chi connectivity index (χ3v) is 4.19. The molecule has 0 fully saturated rings. The predicted octanol–water partition coefficient (Wildman–Crippen LogP) is 4.84. The van der Waals surface area contributed by atoms with Crippen molar-refractivity contribution in [1.82, 2.24) is 0 Å². The molecule has 3 aromatic rings. The van der Waals surface area contributed by atoms with E-state index < -0.39 is 5.91 Å². The van der Waals surface area contributed by atoms with Crippen LogP contribution in [-0.2, 0) is 11.2 Å². The maximum absolute atomic E-state index is 12.8. The van der Waals surface area contributed by atoms with Crippen LogP contribution in [0.25, 0.3) is 11.0 Å². The standard InChI is InChI=1S/C21H22N2O3/c1-4-14-9-11-15(12-10-14)22-21(25)19-18(23-20(24)13(2)3)16-7-5-6-8-17(16)26-19/h5-13H,4H2,1-3H3,(H,22,25)(H,23,24). The highest BCUT2D eigenvalue weighted by atomic mass is 16.3. The number of anilines is 2. The van der Waals surface area contributed by atoms with Crippen LogP contribution in [0.2, 0.25) is 0 Å². The van der Waals surface area contributed by atoms with Crippen LogP contribution in [0, 0.1) is 5.92 Å². The van der Waals surface area contributed by atoms with E-state index in [2.05, 4.69) is 17.6 Å². The van der Waals surface area contributed by atoms with Gasteiger partial charge in [-0.05, 0) is 36.2 Å². The Hall–Kier alpha value is -3.08. The molecule has 2 N–H and O–H groups in total. The number of hydrogen-bond acceptors (Lipinski definition) is 3. The number of para-hydroxylation sites is 1. The Morgan fingerprint density at radius 2 is 1.69 bits per heavy atom. The molecule has 3 rings (SSSR count). The first-order valence-corrected chi connectivity index (χ1v) is 8.72. The van der Waals surface area contributed by atoms with Crippen LogP contribution in [0.4, 0.5) is 11.4 Å². The molecule has 0 aliphatic heterocycles. The van der Waals surface area contributed by atoms with Gasteiger partial charge in [0.1, 0.15) is 11.3 Å². The van der Waals surface area contributed by atoms with E-state index in [1.165, 1.54) is 5.56 Å². The SMILES string of the molecule is CCc1ccc(NC(=O)c2oc3ccccc3c2NC(=O)C(C)C)cc1. The number of benzene rings is 2. The van der Waals surface area contributed by atoms with Gasteiger partial charge in [0.2, 0.25) is 11.7 Å². The Morgan fingerprint density at radius 1 is 1.00 bits per heavy atom. The van der Waals surface area contributed by atoms with Gasteiger partial charge in [-0.1, -0.05) is 45.0 Å². The number of hydrogen-bond donors (Lipinski definition) is 2. The number of rotatable bonds is 5. The summed E-state index contributed by atoms with van der Waals surface area (Å²) < 4.78 is 5.73. The summed E-state index contributed by atoms with van der Waals surface area (Å²) >= 11 is 0. The normalized spacial score (nSPS) is 10.9. The second-order valence-corrected chi connectivity index (χ2v) is 6.45. The van der Waals surface area contributed by atoms with Crippen molar-refractivity contribution in [2.24, 2.45) is 5.92 Å². The summed E-state index contributed by atoms with van der Waals surface area (Å²) in [4.78, 5) is 24.9. The summed E-state index contributed by atoms with van der Waals surface area (Å²) in [5, 5.41) is 6.36. The Kier molecular flexibility index (Phi) is 5.07. The molecule has 134 valence electrons. The minimum absolute atomic E-state index is 0.0970. The molecule has 0 radical (unpaired) electrons. The van der Waals surface area contributed by atoms with Crippen LogP contribution in [-0.4, -0.2) is 11.8 Å². The lowest BCUT2D eigenvalue weighted by atomic mass is 10.1. The van der Waals surface area contributed by atoms with Gasteiger partial charge < -0.3 is 15.1 Å². The molecule has 26 heavy (non-hydrogen) atoms. The van der Waals surface area contributed by atoms with Crippen molar-refractivity contribution in [2.75, 3.05) is 10.6 Å². The van der Waals surface area contributed by atoms with Gasteiger partial charge in [-0.15, -0.1) is 0 Å². The van der Waals surface area contributed by atoms with Gasteiger partial charge in [-0.2, -0.15) is 0 Å². The largest absolute Gasteiger partial charge is 0.449 e. The summed E-state index contributed by atoms with van der Waals surface area (Å²) in [6.45, 7) is 5.67. The van der Waals surface area contributed by atoms with Gasteiger partial charge in [0.15, 0.2) is 0 Å². The summed E-state index contributed by atoms with van der Waals surface area (Å²) in [6, 6.07) is 14.9. The van der Waals surface area contributed by atoms with Crippen LogP contribution in [0.1, 0.15) is 36.9 Å². The molecular weight excluding hydrogens is 328 g/mol. The van der Waals surface area contributed by atoms with Gasteiger partial charge in [0.05, 0.1) is 0 Å². The molecule has 1 aromatic heterocycles. The number of carbonyl (C=O) groups excluding carboxylic acids is 2. The van der Waals surface area contributed by atoms with E-state index in [4.69, 9.17) is 4.42 Å². The van der Waals surface area contributed by atoms with Crippen LogP contribution in [0.3, 0.4) is 0 Å². The molecule has 0 saturated carbocycles. The van der Waals surface area contributed by atoms with E-state index in [9.17, 15) is 9.59 Å². The molecule has 0 spiro atoms. The fourth-order valence-corrected chi connectivity index (χ4v) is 2.61. The zero-order chi connectivity index (χ0) is 18.7. The molecule has 0 bridgehead atoms. The van der Waals surface area contributed by atoms with Crippen molar-refractivity contribution in [3.05, 3.63) is 59.9 Å².